The van der Waals surface area contributed by atoms with Crippen LogP contribution in [-0.4, -0.2) is 60.3 Å². The summed E-state index contributed by atoms with van der Waals surface area (Å²) >= 11 is 0. The summed E-state index contributed by atoms with van der Waals surface area (Å²) in [4.78, 5) is 11.0. The molecule has 18 heteroatoms. The molecule has 0 saturated heterocycles. The Morgan fingerprint density at radius 1 is 0.645 bits per heavy atom. The predicted octanol–water partition coefficient (Wildman–Crippen LogP) is 5.47. The van der Waals surface area contributed by atoms with Crippen LogP contribution in [-0.2, 0) is 4.79 Å². The molecular formula is C13H11F16NO. The van der Waals surface area contributed by atoms with Crippen molar-refractivity contribution < 1.29 is 75.0 Å². The van der Waals surface area contributed by atoms with Crippen molar-refractivity contribution in [1.82, 2.24) is 5.32 Å². The highest BCUT2D eigenvalue weighted by Gasteiger charge is 2.94. The largest absolute Gasteiger partial charge is 0.392 e. The van der Waals surface area contributed by atoms with E-state index in [9.17, 15) is 75.0 Å². The number of alkyl halides is 16. The van der Waals surface area contributed by atoms with Crippen LogP contribution in [0.4, 0.5) is 70.2 Å². The Balaban J connectivity index is 6.53. The van der Waals surface area contributed by atoms with E-state index in [4.69, 9.17) is 0 Å². The second-order valence-electron chi connectivity index (χ2n) is 6.47. The van der Waals surface area contributed by atoms with E-state index in [1.807, 2.05) is 0 Å². The third-order valence-electron chi connectivity index (χ3n) is 3.62. The molecule has 186 valence electrons. The number of hydrogen-bond donors (Lipinski definition) is 1. The van der Waals surface area contributed by atoms with Crippen LogP contribution in [0.25, 0.3) is 0 Å². The zero-order chi connectivity index (χ0) is 25.6. The summed E-state index contributed by atoms with van der Waals surface area (Å²) < 4.78 is 209. The lowest BCUT2D eigenvalue weighted by molar-refractivity contribution is -0.443. The summed E-state index contributed by atoms with van der Waals surface area (Å²) in [5.41, 5.74) is 0. The first-order valence-electron chi connectivity index (χ1n) is 7.49. The Hall–Kier alpha value is -1.65. The van der Waals surface area contributed by atoms with Gasteiger partial charge in [0.1, 0.15) is 0 Å². The highest BCUT2D eigenvalue weighted by atomic mass is 19.4. The van der Waals surface area contributed by atoms with Gasteiger partial charge in [0.05, 0.1) is 0 Å². The molecule has 2 nitrogen and oxygen atoms in total. The van der Waals surface area contributed by atoms with E-state index >= 15 is 0 Å². The molecule has 0 atom stereocenters. The van der Waals surface area contributed by atoms with Gasteiger partial charge >= 0.3 is 47.9 Å². The van der Waals surface area contributed by atoms with Crippen LogP contribution in [0.2, 0.25) is 0 Å². The molecule has 1 amide bonds. The van der Waals surface area contributed by atoms with E-state index < -0.39 is 66.3 Å². The van der Waals surface area contributed by atoms with Crippen molar-refractivity contribution in [2.75, 3.05) is 6.54 Å². The molecular weight excluding hydrogens is 490 g/mol. The number of hydrogen-bond acceptors (Lipinski definition) is 1. The normalized spacial score (nSPS) is 15.6. The maximum Gasteiger partial charge on any atom is 0.392 e. The summed E-state index contributed by atoms with van der Waals surface area (Å²) in [5.74, 6) is -60.1. The minimum Gasteiger partial charge on any atom is -0.350 e. The average Bonchev–Trinajstić information content (AvgIpc) is 2.57. The van der Waals surface area contributed by atoms with Gasteiger partial charge in [-0.2, -0.15) is 61.5 Å². The summed E-state index contributed by atoms with van der Waals surface area (Å²) in [5, 5.41) is 0.858. The molecule has 0 rings (SSSR count). The van der Waals surface area contributed by atoms with Gasteiger partial charge in [0, 0.05) is 6.54 Å². The standard InChI is InChI=1S/C13H11F16NO/c1-4(2)3-30-6(31)8(18,19)10(22,23)12(26,27)13(28,29)11(24,25)9(20,21)7(16,17)5(14)15/h4-5H,3H2,1-2H3,(H,30,31). The van der Waals surface area contributed by atoms with E-state index in [2.05, 4.69) is 0 Å². The van der Waals surface area contributed by atoms with Crippen LogP contribution in [0, 0.1) is 5.92 Å². The van der Waals surface area contributed by atoms with E-state index in [1.165, 1.54) is 0 Å². The molecule has 0 aliphatic carbocycles. The fraction of sp³-hybridized carbons (Fsp3) is 0.923. The van der Waals surface area contributed by atoms with E-state index in [0.29, 0.717) is 0 Å². The lowest BCUT2D eigenvalue weighted by atomic mass is 9.89. The van der Waals surface area contributed by atoms with Gasteiger partial charge in [-0.1, -0.05) is 13.8 Å². The summed E-state index contributed by atoms with van der Waals surface area (Å²) in [6.45, 7) is 1.29. The van der Waals surface area contributed by atoms with E-state index in [0.717, 1.165) is 19.2 Å². The van der Waals surface area contributed by atoms with Gasteiger partial charge in [-0.15, -0.1) is 0 Å². The molecule has 0 aromatic heterocycles. The number of carbonyl (C=O) groups excluding carboxylic acids is 1. The molecule has 0 aromatic rings. The Labute approximate surface area is 161 Å². The summed E-state index contributed by atoms with van der Waals surface area (Å²) in [6.07, 6.45) is -5.90. The van der Waals surface area contributed by atoms with Gasteiger partial charge in [-0.25, -0.2) is 8.78 Å². The Morgan fingerprint density at radius 3 is 1.29 bits per heavy atom. The lowest BCUT2D eigenvalue weighted by Gasteiger charge is -2.42. The molecule has 0 radical (unpaired) electrons. The summed E-state index contributed by atoms with van der Waals surface area (Å²) in [6, 6.07) is 0. The van der Waals surface area contributed by atoms with Crippen molar-refractivity contribution >= 4 is 5.91 Å². The van der Waals surface area contributed by atoms with Crippen LogP contribution in [0.1, 0.15) is 13.8 Å². The highest BCUT2D eigenvalue weighted by molar-refractivity contribution is 5.84. The molecule has 1 N–H and O–H groups in total. The van der Waals surface area contributed by atoms with Gasteiger partial charge in [0.2, 0.25) is 0 Å². The average molecular weight is 501 g/mol. The van der Waals surface area contributed by atoms with E-state index in [1.54, 1.807) is 0 Å². The minimum atomic E-state index is -8.51. The number of rotatable bonds is 10. The number of carbonyl (C=O) groups is 1. The van der Waals surface area contributed by atoms with Crippen molar-refractivity contribution in [2.24, 2.45) is 5.92 Å². The van der Waals surface area contributed by atoms with Crippen LogP contribution in [0.15, 0.2) is 0 Å². The van der Waals surface area contributed by atoms with Crippen LogP contribution in [0.3, 0.4) is 0 Å². The van der Waals surface area contributed by atoms with Crippen LogP contribution in [0.5, 0.6) is 0 Å². The molecule has 0 heterocycles. The number of amides is 1. The Kier molecular flexibility index (Phi) is 7.61. The van der Waals surface area contributed by atoms with Gasteiger partial charge in [-0.05, 0) is 5.92 Å². The maximum absolute atomic E-state index is 13.5. The molecule has 0 saturated carbocycles. The van der Waals surface area contributed by atoms with Crippen molar-refractivity contribution in [3.05, 3.63) is 0 Å². The maximum atomic E-state index is 13.5. The fourth-order valence-electron chi connectivity index (χ4n) is 1.69. The topological polar surface area (TPSA) is 29.1 Å². The zero-order valence-electron chi connectivity index (χ0n) is 14.8. The first-order valence-corrected chi connectivity index (χ1v) is 7.49. The zero-order valence-corrected chi connectivity index (χ0v) is 14.8. The molecule has 0 unspecified atom stereocenters. The third kappa shape index (κ3) is 4.09. The minimum absolute atomic E-state index is 0.838. The molecule has 0 aliphatic rings. The number of halogens is 16. The molecule has 31 heavy (non-hydrogen) atoms. The van der Waals surface area contributed by atoms with Crippen molar-refractivity contribution in [3.63, 3.8) is 0 Å². The first kappa shape index (κ1) is 29.3. The smallest absolute Gasteiger partial charge is 0.350 e. The van der Waals surface area contributed by atoms with Crippen molar-refractivity contribution in [2.45, 2.75) is 61.7 Å². The third-order valence-corrected chi connectivity index (χ3v) is 3.62. The first-order chi connectivity index (χ1) is 13.3. The predicted molar refractivity (Wildman–Crippen MR) is 68.5 cm³/mol. The summed E-state index contributed by atoms with van der Waals surface area (Å²) in [7, 11) is 0. The molecule has 0 spiro atoms. The van der Waals surface area contributed by atoms with Crippen LogP contribution < -0.4 is 5.32 Å². The molecule has 0 aliphatic heterocycles. The van der Waals surface area contributed by atoms with Gasteiger partial charge in [0.15, 0.2) is 0 Å². The Bertz CT molecular complexity index is 656. The second-order valence-corrected chi connectivity index (χ2v) is 6.47. The Morgan fingerprint density at radius 2 is 0.968 bits per heavy atom. The monoisotopic (exact) mass is 501 g/mol. The molecule has 0 aromatic carbocycles. The fourth-order valence-corrected chi connectivity index (χ4v) is 1.69. The van der Waals surface area contributed by atoms with Gasteiger partial charge < -0.3 is 5.32 Å². The lowest BCUT2D eigenvalue weighted by Crippen LogP contribution is -2.74. The van der Waals surface area contributed by atoms with E-state index in [-0.39, 0.29) is 0 Å². The van der Waals surface area contributed by atoms with Gasteiger partial charge in [-0.3, -0.25) is 4.79 Å². The second kappa shape index (κ2) is 8.04. The van der Waals surface area contributed by atoms with Crippen molar-refractivity contribution in [1.29, 1.82) is 0 Å². The SMILES string of the molecule is CC(C)CNC(=O)C(F)(F)C(F)(F)C(F)(F)C(F)(F)C(F)(F)C(F)(F)C(F)(F)C(F)F. The van der Waals surface area contributed by atoms with Gasteiger partial charge in [0.25, 0.3) is 5.91 Å². The quantitative estimate of drug-likeness (QED) is 0.396. The van der Waals surface area contributed by atoms with Crippen LogP contribution >= 0.6 is 0 Å². The molecule has 0 fully saturated rings. The van der Waals surface area contributed by atoms with Crippen molar-refractivity contribution in [3.8, 4) is 0 Å². The highest BCUT2D eigenvalue weighted by Crippen LogP contribution is 2.62. The number of nitrogens with one attached hydrogen (secondary N) is 1. The molecule has 0 bridgehead atoms.